The number of hydrogen-bond donors (Lipinski definition) is 1. The predicted octanol–water partition coefficient (Wildman–Crippen LogP) is 0.320. The highest BCUT2D eigenvalue weighted by Crippen LogP contribution is 2.22. The molecule has 0 atom stereocenters. The van der Waals surface area contributed by atoms with Crippen molar-refractivity contribution in [3.8, 4) is 0 Å². The molecule has 6 heteroatoms. The molecule has 0 spiro atoms. The van der Waals surface area contributed by atoms with E-state index in [1.54, 1.807) is 30.7 Å². The number of hydrogen-bond acceptors (Lipinski definition) is 3. The first-order valence-corrected chi connectivity index (χ1v) is 6.04. The number of carbonyl (C=O) groups excluding carboxylic acids is 2. The zero-order chi connectivity index (χ0) is 13.9. The van der Waals surface area contributed by atoms with E-state index in [0.29, 0.717) is 19.5 Å². The molecule has 2 amide bonds. The minimum Gasteiger partial charge on any atom is -0.481 e. The topological polar surface area (TPSA) is 77.9 Å². The van der Waals surface area contributed by atoms with Crippen LogP contribution in [0.15, 0.2) is 0 Å². The maximum absolute atomic E-state index is 12.0. The number of aliphatic carboxylic acids is 1. The second-order valence-corrected chi connectivity index (χ2v) is 5.08. The van der Waals surface area contributed by atoms with Crippen LogP contribution in [0.1, 0.15) is 33.1 Å². The Morgan fingerprint density at radius 3 is 2.44 bits per heavy atom. The molecule has 0 aromatic carbocycles. The number of likely N-dealkylation sites (N-methyl/N-ethyl adjacent to an activating group) is 1. The Hall–Kier alpha value is -1.59. The van der Waals surface area contributed by atoms with E-state index in [2.05, 4.69) is 0 Å². The van der Waals surface area contributed by atoms with E-state index in [4.69, 9.17) is 5.11 Å². The Morgan fingerprint density at radius 1 is 1.28 bits per heavy atom. The number of carboxylic acids is 1. The molecule has 1 aliphatic rings. The zero-order valence-electron chi connectivity index (χ0n) is 11.1. The van der Waals surface area contributed by atoms with E-state index in [0.717, 1.165) is 0 Å². The van der Waals surface area contributed by atoms with E-state index in [-0.39, 0.29) is 24.7 Å². The number of piperazine rings is 1. The van der Waals surface area contributed by atoms with Gasteiger partial charge in [-0.05, 0) is 20.3 Å². The summed E-state index contributed by atoms with van der Waals surface area (Å²) in [7, 11) is 1.72. The number of rotatable bonds is 4. The first-order chi connectivity index (χ1) is 8.26. The molecular formula is C12H20N2O4. The Bertz CT molecular complexity index is 365. The van der Waals surface area contributed by atoms with Gasteiger partial charge in [-0.2, -0.15) is 0 Å². The second-order valence-electron chi connectivity index (χ2n) is 5.08. The van der Waals surface area contributed by atoms with Gasteiger partial charge in [0.2, 0.25) is 11.8 Å². The van der Waals surface area contributed by atoms with E-state index in [1.807, 2.05) is 0 Å². The van der Waals surface area contributed by atoms with Crippen LogP contribution in [0.3, 0.4) is 0 Å². The second kappa shape index (κ2) is 5.37. The molecule has 1 N–H and O–H groups in total. The molecule has 18 heavy (non-hydrogen) atoms. The summed E-state index contributed by atoms with van der Waals surface area (Å²) in [6.07, 6.45) is 0.464. The van der Waals surface area contributed by atoms with Crippen LogP contribution in [0.25, 0.3) is 0 Å². The fourth-order valence-electron chi connectivity index (χ4n) is 2.18. The van der Waals surface area contributed by atoms with Crippen LogP contribution in [0.5, 0.6) is 0 Å². The third kappa shape index (κ3) is 3.00. The van der Waals surface area contributed by atoms with Crippen molar-refractivity contribution < 1.29 is 19.5 Å². The average Bonchev–Trinajstić information content (AvgIpc) is 2.25. The number of amides is 2. The summed E-state index contributed by atoms with van der Waals surface area (Å²) in [4.78, 5) is 37.6. The van der Waals surface area contributed by atoms with Crippen molar-refractivity contribution in [1.82, 2.24) is 9.80 Å². The van der Waals surface area contributed by atoms with Gasteiger partial charge in [0, 0.05) is 33.0 Å². The van der Waals surface area contributed by atoms with Gasteiger partial charge >= 0.3 is 5.97 Å². The van der Waals surface area contributed by atoms with E-state index in [9.17, 15) is 14.4 Å². The average molecular weight is 256 g/mol. The summed E-state index contributed by atoms with van der Waals surface area (Å²) in [6, 6.07) is 0. The fraction of sp³-hybridized carbons (Fsp3) is 0.750. The number of carbonyl (C=O) groups is 3. The molecular weight excluding hydrogens is 236 g/mol. The molecule has 6 nitrogen and oxygen atoms in total. The first kappa shape index (κ1) is 14.5. The molecule has 0 unspecified atom stereocenters. The number of carboxylic acid groups (broad SMARTS) is 1. The summed E-state index contributed by atoms with van der Waals surface area (Å²) in [5, 5.41) is 8.53. The highest BCUT2D eigenvalue weighted by Gasteiger charge is 2.42. The molecule has 0 aromatic rings. The Kier molecular flexibility index (Phi) is 4.32. The molecule has 0 radical (unpaired) electrons. The van der Waals surface area contributed by atoms with Crippen molar-refractivity contribution in [2.45, 2.75) is 38.6 Å². The van der Waals surface area contributed by atoms with E-state index in [1.165, 1.54) is 0 Å². The molecule has 102 valence electrons. The third-order valence-corrected chi connectivity index (χ3v) is 3.29. The quantitative estimate of drug-likeness (QED) is 0.785. The normalized spacial score (nSPS) is 18.9. The lowest BCUT2D eigenvalue weighted by Gasteiger charge is -2.44. The van der Waals surface area contributed by atoms with Crippen molar-refractivity contribution in [1.29, 1.82) is 0 Å². The fourth-order valence-corrected chi connectivity index (χ4v) is 2.18. The van der Waals surface area contributed by atoms with Gasteiger partial charge in [0.15, 0.2) is 0 Å². The van der Waals surface area contributed by atoms with Crippen molar-refractivity contribution >= 4 is 17.8 Å². The maximum atomic E-state index is 12.0. The van der Waals surface area contributed by atoms with E-state index < -0.39 is 11.5 Å². The lowest BCUT2D eigenvalue weighted by Crippen LogP contribution is -2.63. The molecule has 1 heterocycles. The summed E-state index contributed by atoms with van der Waals surface area (Å²) in [6.45, 7) is 4.47. The lowest BCUT2D eigenvalue weighted by molar-refractivity contribution is -0.157. The van der Waals surface area contributed by atoms with Crippen LogP contribution in [0.2, 0.25) is 0 Å². The molecule has 1 aliphatic heterocycles. The summed E-state index contributed by atoms with van der Waals surface area (Å²) in [5.41, 5.74) is -0.840. The zero-order valence-corrected chi connectivity index (χ0v) is 11.1. The smallest absolute Gasteiger partial charge is 0.303 e. The Labute approximate surface area is 107 Å². The van der Waals surface area contributed by atoms with Gasteiger partial charge in [0.25, 0.3) is 0 Å². The van der Waals surface area contributed by atoms with E-state index >= 15 is 0 Å². The molecule has 1 fully saturated rings. The van der Waals surface area contributed by atoms with Crippen LogP contribution in [-0.4, -0.2) is 58.4 Å². The van der Waals surface area contributed by atoms with Crippen molar-refractivity contribution in [3.05, 3.63) is 0 Å². The van der Waals surface area contributed by atoms with Crippen LogP contribution in [0.4, 0.5) is 0 Å². The number of nitrogens with zero attached hydrogens (tertiary/aromatic N) is 2. The Morgan fingerprint density at radius 2 is 1.89 bits per heavy atom. The Balaban J connectivity index is 2.62. The van der Waals surface area contributed by atoms with Crippen LogP contribution >= 0.6 is 0 Å². The monoisotopic (exact) mass is 256 g/mol. The van der Waals surface area contributed by atoms with Gasteiger partial charge in [-0.3, -0.25) is 14.4 Å². The highest BCUT2D eigenvalue weighted by atomic mass is 16.4. The summed E-state index contributed by atoms with van der Waals surface area (Å²) in [5.74, 6) is -1.14. The van der Waals surface area contributed by atoms with Crippen molar-refractivity contribution in [2.24, 2.45) is 0 Å². The SMILES string of the molecule is CN1CCN(C(=O)CCCC(=O)O)C(C)(C)C1=O. The van der Waals surface area contributed by atoms with Crippen LogP contribution in [0, 0.1) is 0 Å². The molecule has 0 aromatic heterocycles. The molecule has 1 rings (SSSR count). The lowest BCUT2D eigenvalue weighted by atomic mass is 9.97. The van der Waals surface area contributed by atoms with Crippen molar-refractivity contribution in [3.63, 3.8) is 0 Å². The summed E-state index contributed by atoms with van der Waals surface area (Å²) < 4.78 is 0. The third-order valence-electron chi connectivity index (χ3n) is 3.29. The largest absolute Gasteiger partial charge is 0.481 e. The van der Waals surface area contributed by atoms with Gasteiger partial charge in [-0.1, -0.05) is 0 Å². The highest BCUT2D eigenvalue weighted by molar-refractivity contribution is 5.91. The molecule has 0 bridgehead atoms. The standard InChI is InChI=1S/C12H20N2O4/c1-12(2)11(18)13(3)7-8-14(12)9(15)5-4-6-10(16)17/h4-8H2,1-3H3,(H,16,17). The molecule has 1 saturated heterocycles. The van der Waals surface area contributed by atoms with Gasteiger partial charge < -0.3 is 14.9 Å². The van der Waals surface area contributed by atoms with Gasteiger partial charge in [-0.25, -0.2) is 0 Å². The van der Waals surface area contributed by atoms with Crippen LogP contribution in [-0.2, 0) is 14.4 Å². The van der Waals surface area contributed by atoms with Crippen molar-refractivity contribution in [2.75, 3.05) is 20.1 Å². The molecule has 0 saturated carbocycles. The first-order valence-electron chi connectivity index (χ1n) is 6.04. The van der Waals surface area contributed by atoms with Gasteiger partial charge in [0.05, 0.1) is 0 Å². The maximum Gasteiger partial charge on any atom is 0.303 e. The predicted molar refractivity (Wildman–Crippen MR) is 64.9 cm³/mol. The van der Waals surface area contributed by atoms with Gasteiger partial charge in [0.1, 0.15) is 5.54 Å². The van der Waals surface area contributed by atoms with Gasteiger partial charge in [-0.15, -0.1) is 0 Å². The molecule has 0 aliphatic carbocycles. The minimum atomic E-state index is -0.906. The van der Waals surface area contributed by atoms with Crippen LogP contribution < -0.4 is 0 Å². The summed E-state index contributed by atoms with van der Waals surface area (Å²) >= 11 is 0. The minimum absolute atomic E-state index is 0.0200.